The lowest BCUT2D eigenvalue weighted by molar-refractivity contribution is 0.123. The fourth-order valence-electron chi connectivity index (χ4n) is 2.10. The van der Waals surface area contributed by atoms with E-state index in [4.69, 9.17) is 9.15 Å². The molecule has 0 saturated heterocycles. The molecule has 0 aliphatic heterocycles. The minimum atomic E-state index is 0.168. The summed E-state index contributed by atoms with van der Waals surface area (Å²) in [5.74, 6) is 0.955. The molecule has 1 heterocycles. The molecule has 0 aliphatic carbocycles. The molecule has 2 aromatic rings. The van der Waals surface area contributed by atoms with Gasteiger partial charge in [0.2, 0.25) is 0 Å². The molecular formula is C15H20BrNO2. The lowest BCUT2D eigenvalue weighted by Crippen LogP contribution is -2.32. The van der Waals surface area contributed by atoms with E-state index in [0.29, 0.717) is 12.6 Å². The Morgan fingerprint density at radius 3 is 2.84 bits per heavy atom. The van der Waals surface area contributed by atoms with Crippen molar-refractivity contribution < 1.29 is 9.15 Å². The van der Waals surface area contributed by atoms with Gasteiger partial charge in [-0.2, -0.15) is 0 Å². The highest BCUT2D eigenvalue weighted by Crippen LogP contribution is 2.26. The Kier molecular flexibility index (Phi) is 5.02. The van der Waals surface area contributed by atoms with Crippen LogP contribution in [-0.4, -0.2) is 19.3 Å². The highest BCUT2D eigenvalue weighted by Gasteiger charge is 2.14. The van der Waals surface area contributed by atoms with Crippen LogP contribution in [0, 0.1) is 0 Å². The molecule has 1 aromatic heterocycles. The van der Waals surface area contributed by atoms with Crippen LogP contribution in [0.2, 0.25) is 0 Å². The van der Waals surface area contributed by atoms with Crippen molar-refractivity contribution in [2.75, 3.05) is 13.2 Å². The summed E-state index contributed by atoms with van der Waals surface area (Å²) in [6, 6.07) is 8.60. The second-order valence-electron chi connectivity index (χ2n) is 4.78. The second-order valence-corrected chi connectivity index (χ2v) is 5.70. The number of nitrogens with one attached hydrogen (secondary N) is 1. The largest absolute Gasteiger partial charge is 0.459 e. The van der Waals surface area contributed by atoms with Crippen LogP contribution in [0.15, 0.2) is 33.2 Å². The van der Waals surface area contributed by atoms with E-state index in [1.807, 2.05) is 19.1 Å². The number of benzene rings is 1. The Balaban J connectivity index is 2.06. The number of furan rings is 1. The van der Waals surface area contributed by atoms with E-state index < -0.39 is 0 Å². The van der Waals surface area contributed by atoms with E-state index >= 15 is 0 Å². The van der Waals surface area contributed by atoms with Crippen molar-refractivity contribution >= 4 is 26.9 Å². The van der Waals surface area contributed by atoms with E-state index in [0.717, 1.165) is 27.8 Å². The fourth-order valence-corrected chi connectivity index (χ4v) is 2.48. The maximum Gasteiger partial charge on any atom is 0.134 e. The molecule has 0 spiro atoms. The summed E-state index contributed by atoms with van der Waals surface area (Å²) < 4.78 is 12.3. The molecule has 4 heteroatoms. The Morgan fingerprint density at radius 1 is 1.32 bits per heavy atom. The molecule has 0 amide bonds. The van der Waals surface area contributed by atoms with Gasteiger partial charge >= 0.3 is 0 Å². The van der Waals surface area contributed by atoms with Crippen LogP contribution in [0.1, 0.15) is 32.6 Å². The average molecular weight is 326 g/mol. The average Bonchev–Trinajstić information content (AvgIpc) is 2.79. The standard InChI is InChI=1S/C15H20BrNO2/c1-4-18-9-10(2)17-11(3)15-8-12-7-13(16)5-6-14(12)19-15/h5-8,10-11,17H,4,9H2,1-3H3. The first-order chi connectivity index (χ1) is 9.10. The summed E-state index contributed by atoms with van der Waals surface area (Å²) in [7, 11) is 0. The first kappa shape index (κ1) is 14.6. The van der Waals surface area contributed by atoms with Gasteiger partial charge in [-0.25, -0.2) is 0 Å². The van der Waals surface area contributed by atoms with Crippen LogP contribution in [0.3, 0.4) is 0 Å². The van der Waals surface area contributed by atoms with E-state index in [1.165, 1.54) is 0 Å². The molecule has 0 aliphatic rings. The number of rotatable bonds is 6. The highest BCUT2D eigenvalue weighted by atomic mass is 79.9. The molecule has 0 fully saturated rings. The molecular weight excluding hydrogens is 306 g/mol. The van der Waals surface area contributed by atoms with Gasteiger partial charge in [0.25, 0.3) is 0 Å². The third-order valence-corrected chi connectivity index (χ3v) is 3.52. The quantitative estimate of drug-likeness (QED) is 0.861. The molecule has 2 rings (SSSR count). The SMILES string of the molecule is CCOCC(C)NC(C)c1cc2cc(Br)ccc2o1. The van der Waals surface area contributed by atoms with Gasteiger partial charge < -0.3 is 14.5 Å². The highest BCUT2D eigenvalue weighted by molar-refractivity contribution is 9.10. The minimum Gasteiger partial charge on any atom is -0.459 e. The summed E-state index contributed by atoms with van der Waals surface area (Å²) in [6.45, 7) is 7.69. The molecule has 2 atom stereocenters. The molecule has 1 N–H and O–H groups in total. The Labute approximate surface area is 122 Å². The lowest BCUT2D eigenvalue weighted by atomic mass is 10.2. The maximum atomic E-state index is 5.87. The molecule has 3 nitrogen and oxygen atoms in total. The summed E-state index contributed by atoms with van der Waals surface area (Å²) in [6.07, 6.45) is 0. The second kappa shape index (κ2) is 6.55. The summed E-state index contributed by atoms with van der Waals surface area (Å²) in [5, 5.41) is 4.60. The van der Waals surface area contributed by atoms with Gasteiger partial charge in [-0.05, 0) is 45.0 Å². The Bertz CT molecular complexity index is 538. The van der Waals surface area contributed by atoms with Crippen molar-refractivity contribution in [3.63, 3.8) is 0 Å². The monoisotopic (exact) mass is 325 g/mol. The van der Waals surface area contributed by atoms with Gasteiger partial charge in [0.15, 0.2) is 0 Å². The number of halogens is 1. The van der Waals surface area contributed by atoms with Crippen LogP contribution in [-0.2, 0) is 4.74 Å². The van der Waals surface area contributed by atoms with Crippen LogP contribution >= 0.6 is 15.9 Å². The maximum absolute atomic E-state index is 5.87. The normalized spacial score (nSPS) is 14.7. The van der Waals surface area contributed by atoms with E-state index in [9.17, 15) is 0 Å². The Hall–Kier alpha value is -0.840. The van der Waals surface area contributed by atoms with Crippen LogP contribution in [0.25, 0.3) is 11.0 Å². The third-order valence-electron chi connectivity index (χ3n) is 3.03. The summed E-state index contributed by atoms with van der Waals surface area (Å²) in [4.78, 5) is 0. The van der Waals surface area contributed by atoms with Crippen LogP contribution in [0.4, 0.5) is 0 Å². The van der Waals surface area contributed by atoms with Gasteiger partial charge in [-0.1, -0.05) is 15.9 Å². The molecule has 2 unspecified atom stereocenters. The van der Waals surface area contributed by atoms with Crippen molar-refractivity contribution in [3.8, 4) is 0 Å². The number of ether oxygens (including phenoxy) is 1. The van der Waals surface area contributed by atoms with Gasteiger partial charge in [-0.15, -0.1) is 0 Å². The zero-order chi connectivity index (χ0) is 13.8. The van der Waals surface area contributed by atoms with Crippen LogP contribution < -0.4 is 5.32 Å². The first-order valence-corrected chi connectivity index (χ1v) is 7.42. The first-order valence-electron chi connectivity index (χ1n) is 6.63. The van der Waals surface area contributed by atoms with E-state index in [2.05, 4.69) is 47.2 Å². The Morgan fingerprint density at radius 2 is 2.11 bits per heavy atom. The topological polar surface area (TPSA) is 34.4 Å². The van der Waals surface area contributed by atoms with Crippen molar-refractivity contribution in [2.45, 2.75) is 32.9 Å². The van der Waals surface area contributed by atoms with Crippen molar-refractivity contribution in [2.24, 2.45) is 0 Å². The van der Waals surface area contributed by atoms with Crippen LogP contribution in [0.5, 0.6) is 0 Å². The van der Waals surface area contributed by atoms with Gasteiger partial charge in [-0.3, -0.25) is 0 Å². The molecule has 19 heavy (non-hydrogen) atoms. The van der Waals surface area contributed by atoms with Crippen molar-refractivity contribution in [1.82, 2.24) is 5.32 Å². The predicted octanol–water partition coefficient (Wildman–Crippen LogP) is 4.27. The third kappa shape index (κ3) is 3.81. The minimum absolute atomic E-state index is 0.168. The van der Waals surface area contributed by atoms with Gasteiger partial charge in [0.1, 0.15) is 11.3 Å². The predicted molar refractivity (Wildman–Crippen MR) is 81.4 cm³/mol. The fraction of sp³-hybridized carbons (Fsp3) is 0.467. The number of hydrogen-bond donors (Lipinski definition) is 1. The van der Waals surface area contributed by atoms with Crippen molar-refractivity contribution in [1.29, 1.82) is 0 Å². The molecule has 0 saturated carbocycles. The zero-order valence-electron chi connectivity index (χ0n) is 11.6. The van der Waals surface area contributed by atoms with E-state index in [-0.39, 0.29) is 6.04 Å². The smallest absolute Gasteiger partial charge is 0.134 e. The number of fused-ring (bicyclic) bond motifs is 1. The summed E-state index contributed by atoms with van der Waals surface area (Å²) >= 11 is 3.47. The van der Waals surface area contributed by atoms with Gasteiger partial charge in [0, 0.05) is 22.5 Å². The molecule has 1 aromatic carbocycles. The lowest BCUT2D eigenvalue weighted by Gasteiger charge is -2.18. The molecule has 0 radical (unpaired) electrons. The van der Waals surface area contributed by atoms with E-state index in [1.54, 1.807) is 0 Å². The van der Waals surface area contributed by atoms with Gasteiger partial charge in [0.05, 0.1) is 12.6 Å². The van der Waals surface area contributed by atoms with Crippen molar-refractivity contribution in [3.05, 3.63) is 34.5 Å². The molecule has 104 valence electrons. The molecule has 0 bridgehead atoms. The number of hydrogen-bond acceptors (Lipinski definition) is 3. The summed E-state index contributed by atoms with van der Waals surface area (Å²) in [5.41, 5.74) is 0.921. The zero-order valence-corrected chi connectivity index (χ0v) is 13.2.